The van der Waals surface area contributed by atoms with E-state index in [1.54, 1.807) is 4.90 Å². The van der Waals surface area contributed by atoms with Crippen molar-refractivity contribution in [2.24, 2.45) is 5.73 Å². The highest BCUT2D eigenvalue weighted by Crippen LogP contribution is 2.12. The third kappa shape index (κ3) is 3.53. The van der Waals surface area contributed by atoms with E-state index in [1.165, 1.54) is 0 Å². The summed E-state index contributed by atoms with van der Waals surface area (Å²) in [6.07, 6.45) is 0.549. The SMILES string of the molecule is NCCc1ccc(C(=O)N2CCOC(CO)C2)cc1. The van der Waals surface area contributed by atoms with Crippen LogP contribution in [0, 0.1) is 0 Å². The predicted molar refractivity (Wildman–Crippen MR) is 71.9 cm³/mol. The summed E-state index contributed by atoms with van der Waals surface area (Å²) in [5.41, 5.74) is 7.29. The maximum Gasteiger partial charge on any atom is 0.254 e. The summed E-state index contributed by atoms with van der Waals surface area (Å²) in [5.74, 6) is -0.0129. The molecule has 0 aliphatic carbocycles. The lowest BCUT2D eigenvalue weighted by Crippen LogP contribution is -2.46. The smallest absolute Gasteiger partial charge is 0.254 e. The second kappa shape index (κ2) is 6.65. The van der Waals surface area contributed by atoms with Crippen molar-refractivity contribution in [3.63, 3.8) is 0 Å². The van der Waals surface area contributed by atoms with Gasteiger partial charge in [0.05, 0.1) is 19.3 Å². The van der Waals surface area contributed by atoms with Crippen molar-refractivity contribution in [3.05, 3.63) is 35.4 Å². The van der Waals surface area contributed by atoms with Crippen LogP contribution in [0.1, 0.15) is 15.9 Å². The second-order valence-electron chi connectivity index (χ2n) is 4.66. The summed E-state index contributed by atoms with van der Waals surface area (Å²) in [4.78, 5) is 14.0. The molecule has 1 heterocycles. The molecule has 1 aromatic rings. The second-order valence-corrected chi connectivity index (χ2v) is 4.66. The van der Waals surface area contributed by atoms with Crippen molar-refractivity contribution in [1.29, 1.82) is 0 Å². The number of hydrogen-bond donors (Lipinski definition) is 2. The molecule has 0 aromatic heterocycles. The number of amides is 1. The van der Waals surface area contributed by atoms with Crippen LogP contribution in [0.2, 0.25) is 0 Å². The van der Waals surface area contributed by atoms with Gasteiger partial charge in [-0.05, 0) is 30.7 Å². The number of carbonyl (C=O) groups is 1. The third-order valence-corrected chi connectivity index (χ3v) is 3.26. The molecule has 0 bridgehead atoms. The molecule has 104 valence electrons. The highest BCUT2D eigenvalue weighted by molar-refractivity contribution is 5.94. The molecule has 2 rings (SSSR count). The van der Waals surface area contributed by atoms with Crippen LogP contribution < -0.4 is 5.73 Å². The van der Waals surface area contributed by atoms with Gasteiger partial charge >= 0.3 is 0 Å². The van der Waals surface area contributed by atoms with E-state index in [2.05, 4.69) is 0 Å². The molecule has 1 saturated heterocycles. The molecule has 1 unspecified atom stereocenters. The number of ether oxygens (including phenoxy) is 1. The molecule has 5 nitrogen and oxygen atoms in total. The van der Waals surface area contributed by atoms with Crippen LogP contribution in [0.5, 0.6) is 0 Å². The number of rotatable bonds is 4. The van der Waals surface area contributed by atoms with Crippen molar-refractivity contribution in [3.8, 4) is 0 Å². The molecular weight excluding hydrogens is 244 g/mol. The number of hydrogen-bond acceptors (Lipinski definition) is 4. The molecular formula is C14H20N2O3. The van der Waals surface area contributed by atoms with Gasteiger partial charge in [-0.3, -0.25) is 4.79 Å². The zero-order valence-electron chi connectivity index (χ0n) is 10.9. The van der Waals surface area contributed by atoms with Gasteiger partial charge in [0.25, 0.3) is 5.91 Å². The molecule has 1 fully saturated rings. The first kappa shape index (κ1) is 14.0. The highest BCUT2D eigenvalue weighted by atomic mass is 16.5. The van der Waals surface area contributed by atoms with Gasteiger partial charge in [-0.15, -0.1) is 0 Å². The monoisotopic (exact) mass is 264 g/mol. The van der Waals surface area contributed by atoms with Gasteiger partial charge in [-0.2, -0.15) is 0 Å². The maximum absolute atomic E-state index is 12.3. The molecule has 5 heteroatoms. The number of benzene rings is 1. The molecule has 0 radical (unpaired) electrons. The first-order chi connectivity index (χ1) is 9.24. The number of carbonyl (C=O) groups excluding carboxylic acids is 1. The quantitative estimate of drug-likeness (QED) is 0.804. The fraction of sp³-hybridized carbons (Fsp3) is 0.500. The van der Waals surface area contributed by atoms with Gasteiger partial charge in [0.1, 0.15) is 0 Å². The van der Waals surface area contributed by atoms with Gasteiger partial charge in [0.15, 0.2) is 0 Å². The number of nitrogens with zero attached hydrogens (tertiary/aromatic N) is 1. The summed E-state index contributed by atoms with van der Waals surface area (Å²) < 4.78 is 5.34. The van der Waals surface area contributed by atoms with Crippen molar-refractivity contribution < 1.29 is 14.6 Å². The summed E-state index contributed by atoms with van der Waals surface area (Å²) in [5, 5.41) is 9.08. The Morgan fingerprint density at radius 1 is 1.42 bits per heavy atom. The Morgan fingerprint density at radius 2 is 2.16 bits per heavy atom. The minimum Gasteiger partial charge on any atom is -0.394 e. The fourth-order valence-corrected chi connectivity index (χ4v) is 2.18. The minimum absolute atomic E-state index is 0.0129. The van der Waals surface area contributed by atoms with Crippen molar-refractivity contribution >= 4 is 5.91 Å². The van der Waals surface area contributed by atoms with Gasteiger partial charge in [-0.1, -0.05) is 12.1 Å². The number of nitrogens with two attached hydrogens (primary N) is 1. The van der Waals surface area contributed by atoms with E-state index in [9.17, 15) is 4.79 Å². The summed E-state index contributed by atoms with van der Waals surface area (Å²) >= 11 is 0. The molecule has 1 amide bonds. The van der Waals surface area contributed by atoms with E-state index in [-0.39, 0.29) is 18.6 Å². The average Bonchev–Trinajstić information content (AvgIpc) is 2.48. The Kier molecular flexibility index (Phi) is 4.90. The van der Waals surface area contributed by atoms with Crippen LogP contribution in [-0.2, 0) is 11.2 Å². The number of aliphatic hydroxyl groups excluding tert-OH is 1. The van der Waals surface area contributed by atoms with E-state index >= 15 is 0 Å². The number of aliphatic hydroxyl groups is 1. The largest absolute Gasteiger partial charge is 0.394 e. The molecule has 1 aromatic carbocycles. The molecule has 0 spiro atoms. The molecule has 3 N–H and O–H groups in total. The Morgan fingerprint density at radius 3 is 2.79 bits per heavy atom. The topological polar surface area (TPSA) is 75.8 Å². The van der Waals surface area contributed by atoms with E-state index in [1.807, 2.05) is 24.3 Å². The van der Waals surface area contributed by atoms with Crippen molar-refractivity contribution in [2.45, 2.75) is 12.5 Å². The highest BCUT2D eigenvalue weighted by Gasteiger charge is 2.24. The zero-order chi connectivity index (χ0) is 13.7. The van der Waals surface area contributed by atoms with Crippen molar-refractivity contribution in [1.82, 2.24) is 4.90 Å². The summed E-state index contributed by atoms with van der Waals surface area (Å²) in [7, 11) is 0. The number of morpholine rings is 1. The Balaban J connectivity index is 2.02. The summed E-state index contributed by atoms with van der Waals surface area (Å²) in [6, 6.07) is 7.53. The molecule has 1 aliphatic rings. The van der Waals surface area contributed by atoms with Crippen LogP contribution >= 0.6 is 0 Å². The van der Waals surface area contributed by atoms with E-state index in [0.29, 0.717) is 31.8 Å². The van der Waals surface area contributed by atoms with E-state index in [0.717, 1.165) is 12.0 Å². The average molecular weight is 264 g/mol. The Bertz CT molecular complexity index is 419. The Hall–Kier alpha value is -1.43. The van der Waals surface area contributed by atoms with Crippen LogP contribution in [0.4, 0.5) is 0 Å². The van der Waals surface area contributed by atoms with Gasteiger partial charge in [0.2, 0.25) is 0 Å². The lowest BCUT2D eigenvalue weighted by atomic mass is 10.1. The van der Waals surface area contributed by atoms with Crippen molar-refractivity contribution in [2.75, 3.05) is 32.8 Å². The Labute approximate surface area is 113 Å². The molecule has 1 aliphatic heterocycles. The fourth-order valence-electron chi connectivity index (χ4n) is 2.18. The first-order valence-electron chi connectivity index (χ1n) is 6.55. The van der Waals surface area contributed by atoms with Crippen LogP contribution in [0.3, 0.4) is 0 Å². The maximum atomic E-state index is 12.3. The lowest BCUT2D eigenvalue weighted by molar-refractivity contribution is -0.0447. The van der Waals surface area contributed by atoms with Gasteiger partial charge in [0, 0.05) is 18.7 Å². The van der Waals surface area contributed by atoms with Gasteiger partial charge < -0.3 is 20.5 Å². The lowest BCUT2D eigenvalue weighted by Gasteiger charge is -2.32. The normalized spacial score (nSPS) is 19.5. The predicted octanol–water partition coefficient (Wildman–Crippen LogP) is 0.0211. The van der Waals surface area contributed by atoms with E-state index in [4.69, 9.17) is 15.6 Å². The van der Waals surface area contributed by atoms with Crippen LogP contribution in [0.25, 0.3) is 0 Å². The third-order valence-electron chi connectivity index (χ3n) is 3.26. The van der Waals surface area contributed by atoms with Crippen LogP contribution in [0.15, 0.2) is 24.3 Å². The van der Waals surface area contributed by atoms with Crippen LogP contribution in [-0.4, -0.2) is 54.9 Å². The van der Waals surface area contributed by atoms with E-state index < -0.39 is 0 Å². The van der Waals surface area contributed by atoms with Gasteiger partial charge in [-0.25, -0.2) is 0 Å². The zero-order valence-corrected chi connectivity index (χ0v) is 10.9. The standard InChI is InChI=1S/C14H20N2O3/c15-6-5-11-1-3-12(4-2-11)14(18)16-7-8-19-13(9-16)10-17/h1-4,13,17H,5-10,15H2. The first-order valence-corrected chi connectivity index (χ1v) is 6.55. The molecule has 0 saturated carbocycles. The molecule has 1 atom stereocenters. The minimum atomic E-state index is -0.269. The summed E-state index contributed by atoms with van der Waals surface area (Å²) in [6.45, 7) is 2.04. The molecule has 19 heavy (non-hydrogen) atoms.